The number of nitro groups is 1. The van der Waals surface area contributed by atoms with Crippen molar-refractivity contribution in [2.45, 2.75) is 18.9 Å². The second-order valence-corrected chi connectivity index (χ2v) is 4.44. The molecule has 96 valence electrons. The molecule has 0 radical (unpaired) electrons. The third-order valence-corrected chi connectivity index (χ3v) is 3.10. The van der Waals surface area contributed by atoms with E-state index in [2.05, 4.69) is 10.6 Å². The van der Waals surface area contributed by atoms with Crippen molar-refractivity contribution in [3.8, 4) is 0 Å². The number of benzene rings is 1. The van der Waals surface area contributed by atoms with E-state index in [0.717, 1.165) is 13.1 Å². The van der Waals surface area contributed by atoms with Crippen molar-refractivity contribution in [2.75, 3.05) is 13.1 Å². The van der Waals surface area contributed by atoms with Crippen molar-refractivity contribution < 1.29 is 9.72 Å². The molecule has 1 aliphatic heterocycles. The van der Waals surface area contributed by atoms with E-state index in [0.29, 0.717) is 5.56 Å². The van der Waals surface area contributed by atoms with Crippen molar-refractivity contribution in [1.29, 1.82) is 0 Å². The van der Waals surface area contributed by atoms with Gasteiger partial charge in [-0.2, -0.15) is 0 Å². The standard InChI is InChI=1S/C12H15N3O3/c1-8(12(16)14-10-6-13-7-10)9-3-2-4-11(5-9)15(17)18/h2-5,8,10,13H,6-7H2,1H3,(H,14,16). The number of nitro benzene ring substituents is 1. The first-order valence-corrected chi connectivity index (χ1v) is 5.83. The summed E-state index contributed by atoms with van der Waals surface area (Å²) in [6.07, 6.45) is 0. The fourth-order valence-corrected chi connectivity index (χ4v) is 1.78. The highest BCUT2D eigenvalue weighted by Gasteiger charge is 2.23. The van der Waals surface area contributed by atoms with Gasteiger partial charge in [-0.3, -0.25) is 14.9 Å². The molecule has 0 saturated carbocycles. The van der Waals surface area contributed by atoms with Gasteiger partial charge in [-0.25, -0.2) is 0 Å². The van der Waals surface area contributed by atoms with E-state index in [1.165, 1.54) is 12.1 Å². The lowest BCUT2D eigenvalue weighted by molar-refractivity contribution is -0.384. The van der Waals surface area contributed by atoms with Gasteiger partial charge in [0.25, 0.3) is 5.69 Å². The number of nitrogens with one attached hydrogen (secondary N) is 2. The Kier molecular flexibility index (Phi) is 3.57. The molecule has 0 bridgehead atoms. The molecule has 1 aromatic rings. The van der Waals surface area contributed by atoms with Crippen molar-refractivity contribution in [2.24, 2.45) is 0 Å². The Labute approximate surface area is 105 Å². The molecule has 1 aliphatic rings. The van der Waals surface area contributed by atoms with Crippen molar-refractivity contribution in [3.05, 3.63) is 39.9 Å². The molecule has 2 N–H and O–H groups in total. The van der Waals surface area contributed by atoms with Crippen LogP contribution < -0.4 is 10.6 Å². The van der Waals surface area contributed by atoms with Gasteiger partial charge in [0.05, 0.1) is 16.9 Å². The molecule has 1 atom stereocenters. The minimum Gasteiger partial charge on any atom is -0.350 e. The molecule has 0 aromatic heterocycles. The van der Waals surface area contributed by atoms with Crippen molar-refractivity contribution >= 4 is 11.6 Å². The number of non-ortho nitro benzene ring substituents is 1. The zero-order chi connectivity index (χ0) is 13.1. The van der Waals surface area contributed by atoms with Gasteiger partial charge in [-0.05, 0) is 12.5 Å². The topological polar surface area (TPSA) is 84.3 Å². The molecule has 1 heterocycles. The lowest BCUT2D eigenvalue weighted by Gasteiger charge is -2.29. The van der Waals surface area contributed by atoms with Crippen LogP contribution in [0.15, 0.2) is 24.3 Å². The van der Waals surface area contributed by atoms with Gasteiger partial charge in [0.2, 0.25) is 5.91 Å². The normalized spacial score (nSPS) is 16.7. The number of carbonyl (C=O) groups is 1. The number of carbonyl (C=O) groups excluding carboxylic acids is 1. The molecular weight excluding hydrogens is 234 g/mol. The van der Waals surface area contributed by atoms with Crippen LogP contribution in [0.1, 0.15) is 18.4 Å². The second kappa shape index (κ2) is 5.14. The maximum atomic E-state index is 11.9. The predicted octanol–water partition coefficient (Wildman–Crippen LogP) is 0.786. The third kappa shape index (κ3) is 2.65. The molecule has 18 heavy (non-hydrogen) atoms. The molecule has 6 nitrogen and oxygen atoms in total. The highest BCUT2D eigenvalue weighted by atomic mass is 16.6. The molecule has 1 amide bonds. The van der Waals surface area contributed by atoms with Crippen LogP contribution in [0.3, 0.4) is 0 Å². The summed E-state index contributed by atoms with van der Waals surface area (Å²) >= 11 is 0. The Bertz CT molecular complexity index is 471. The van der Waals surface area contributed by atoms with E-state index in [9.17, 15) is 14.9 Å². The molecule has 6 heteroatoms. The van der Waals surface area contributed by atoms with Crippen LogP contribution in [-0.2, 0) is 4.79 Å². The van der Waals surface area contributed by atoms with Crippen LogP contribution in [-0.4, -0.2) is 30.0 Å². The van der Waals surface area contributed by atoms with Crippen LogP contribution in [0.25, 0.3) is 0 Å². The van der Waals surface area contributed by atoms with Crippen LogP contribution in [0.4, 0.5) is 5.69 Å². The lowest BCUT2D eigenvalue weighted by Crippen LogP contribution is -2.57. The average Bonchev–Trinajstić information content (AvgIpc) is 2.32. The van der Waals surface area contributed by atoms with Crippen LogP contribution >= 0.6 is 0 Å². The SMILES string of the molecule is CC(C(=O)NC1CNC1)c1cccc([N+](=O)[O-])c1. The fraction of sp³-hybridized carbons (Fsp3) is 0.417. The van der Waals surface area contributed by atoms with Crippen molar-refractivity contribution in [3.63, 3.8) is 0 Å². The van der Waals surface area contributed by atoms with Crippen LogP contribution in [0, 0.1) is 10.1 Å². The van der Waals surface area contributed by atoms with Gasteiger partial charge in [-0.1, -0.05) is 12.1 Å². The molecule has 0 spiro atoms. The quantitative estimate of drug-likeness (QED) is 0.610. The highest BCUT2D eigenvalue weighted by Crippen LogP contribution is 2.21. The zero-order valence-corrected chi connectivity index (χ0v) is 10.1. The van der Waals surface area contributed by atoms with Gasteiger partial charge in [0, 0.05) is 25.2 Å². The maximum Gasteiger partial charge on any atom is 0.269 e. The van der Waals surface area contributed by atoms with Gasteiger partial charge in [-0.15, -0.1) is 0 Å². The highest BCUT2D eigenvalue weighted by molar-refractivity contribution is 5.83. The number of rotatable bonds is 4. The first-order valence-electron chi connectivity index (χ1n) is 5.83. The number of amides is 1. The van der Waals surface area contributed by atoms with Crippen LogP contribution in [0.2, 0.25) is 0 Å². The van der Waals surface area contributed by atoms with E-state index in [4.69, 9.17) is 0 Å². The summed E-state index contributed by atoms with van der Waals surface area (Å²) in [7, 11) is 0. The summed E-state index contributed by atoms with van der Waals surface area (Å²) in [4.78, 5) is 22.1. The minimum atomic E-state index is -0.454. The van der Waals surface area contributed by atoms with E-state index in [1.54, 1.807) is 19.1 Å². The molecule has 2 rings (SSSR count). The zero-order valence-electron chi connectivity index (χ0n) is 10.1. The fourth-order valence-electron chi connectivity index (χ4n) is 1.78. The Morgan fingerprint density at radius 2 is 2.28 bits per heavy atom. The minimum absolute atomic E-state index is 0.0115. The Morgan fingerprint density at radius 1 is 1.56 bits per heavy atom. The molecular formula is C12H15N3O3. The Hall–Kier alpha value is -1.95. The van der Waals surface area contributed by atoms with E-state index in [1.807, 2.05) is 0 Å². The van der Waals surface area contributed by atoms with Gasteiger partial charge in [0.15, 0.2) is 0 Å². The number of nitrogens with zero attached hydrogens (tertiary/aromatic N) is 1. The summed E-state index contributed by atoms with van der Waals surface area (Å²) in [6.45, 7) is 3.32. The molecule has 1 fully saturated rings. The van der Waals surface area contributed by atoms with E-state index >= 15 is 0 Å². The number of hydrogen-bond acceptors (Lipinski definition) is 4. The van der Waals surface area contributed by atoms with Gasteiger partial charge < -0.3 is 10.6 Å². The maximum absolute atomic E-state index is 11.9. The average molecular weight is 249 g/mol. The lowest BCUT2D eigenvalue weighted by atomic mass is 9.99. The molecule has 0 aliphatic carbocycles. The number of hydrogen-bond donors (Lipinski definition) is 2. The summed E-state index contributed by atoms with van der Waals surface area (Å²) in [5, 5.41) is 16.6. The molecule has 1 aromatic carbocycles. The van der Waals surface area contributed by atoms with Gasteiger partial charge >= 0.3 is 0 Å². The van der Waals surface area contributed by atoms with Gasteiger partial charge in [0.1, 0.15) is 0 Å². The Morgan fingerprint density at radius 3 is 2.83 bits per heavy atom. The van der Waals surface area contributed by atoms with Crippen LogP contribution in [0.5, 0.6) is 0 Å². The summed E-state index contributed by atoms with van der Waals surface area (Å²) in [5.74, 6) is -0.479. The molecule has 1 saturated heterocycles. The smallest absolute Gasteiger partial charge is 0.269 e. The van der Waals surface area contributed by atoms with Crippen molar-refractivity contribution in [1.82, 2.24) is 10.6 Å². The monoisotopic (exact) mass is 249 g/mol. The first-order chi connectivity index (χ1) is 8.58. The third-order valence-electron chi connectivity index (χ3n) is 3.10. The summed E-state index contributed by atoms with van der Waals surface area (Å²) in [5.41, 5.74) is 0.673. The Balaban J connectivity index is 2.06. The summed E-state index contributed by atoms with van der Waals surface area (Å²) < 4.78 is 0. The predicted molar refractivity (Wildman–Crippen MR) is 66.3 cm³/mol. The summed E-state index contributed by atoms with van der Waals surface area (Å²) in [6, 6.07) is 6.38. The molecule has 1 unspecified atom stereocenters. The largest absolute Gasteiger partial charge is 0.350 e. The second-order valence-electron chi connectivity index (χ2n) is 4.44. The van der Waals surface area contributed by atoms with E-state index < -0.39 is 4.92 Å². The first kappa shape index (κ1) is 12.5. The van der Waals surface area contributed by atoms with E-state index in [-0.39, 0.29) is 23.6 Å².